The molecule has 0 amide bonds. The number of halogens is 1. The predicted molar refractivity (Wildman–Crippen MR) is 63.8 cm³/mol. The van der Waals surface area contributed by atoms with Gasteiger partial charge in [0.15, 0.2) is 4.47 Å². The van der Waals surface area contributed by atoms with Crippen molar-refractivity contribution in [2.45, 2.75) is 6.54 Å². The van der Waals surface area contributed by atoms with E-state index in [0.29, 0.717) is 11.0 Å². The van der Waals surface area contributed by atoms with Gasteiger partial charge < -0.3 is 0 Å². The lowest BCUT2D eigenvalue weighted by Gasteiger charge is -1.97. The molecule has 16 heavy (non-hydrogen) atoms. The maximum Gasteiger partial charge on any atom is 0.183 e. The van der Waals surface area contributed by atoms with Gasteiger partial charge in [0.25, 0.3) is 0 Å². The van der Waals surface area contributed by atoms with Crippen LogP contribution < -0.4 is 0 Å². The van der Waals surface area contributed by atoms with Crippen LogP contribution >= 0.6 is 22.9 Å². The van der Waals surface area contributed by atoms with Crippen LogP contribution in [-0.4, -0.2) is 20.0 Å². The Balaban J connectivity index is 2.00. The first-order valence-electron chi connectivity index (χ1n) is 4.71. The Kier molecular flexibility index (Phi) is 2.34. The molecule has 0 unspecified atom stereocenters. The third kappa shape index (κ3) is 1.68. The minimum atomic E-state index is 0.555. The molecule has 2 aromatic heterocycles. The summed E-state index contributed by atoms with van der Waals surface area (Å²) in [6.45, 7) is 0.658. The van der Waals surface area contributed by atoms with Gasteiger partial charge in [0.05, 0.1) is 12.1 Å². The number of aromatic nitrogens is 4. The molecule has 0 aliphatic carbocycles. The van der Waals surface area contributed by atoms with E-state index < -0.39 is 0 Å². The summed E-state index contributed by atoms with van der Waals surface area (Å²) >= 11 is 7.24. The molecule has 0 bridgehead atoms. The van der Waals surface area contributed by atoms with Gasteiger partial charge in [-0.15, -0.1) is 16.4 Å². The van der Waals surface area contributed by atoms with Crippen LogP contribution in [0, 0.1) is 0 Å². The summed E-state index contributed by atoms with van der Waals surface area (Å²) < 4.78 is 2.40. The zero-order valence-corrected chi connectivity index (χ0v) is 9.74. The molecule has 3 rings (SSSR count). The van der Waals surface area contributed by atoms with Crippen LogP contribution in [0.5, 0.6) is 0 Å². The van der Waals surface area contributed by atoms with Gasteiger partial charge in [-0.05, 0) is 12.1 Å². The summed E-state index contributed by atoms with van der Waals surface area (Å²) in [4.78, 5) is 5.07. The van der Waals surface area contributed by atoms with Crippen molar-refractivity contribution >= 4 is 34.0 Å². The van der Waals surface area contributed by atoms with Crippen LogP contribution in [0.4, 0.5) is 0 Å². The maximum absolute atomic E-state index is 5.78. The Labute approximate surface area is 100 Å². The van der Waals surface area contributed by atoms with Crippen molar-refractivity contribution < 1.29 is 0 Å². The number of rotatable bonds is 2. The molecule has 4 nitrogen and oxygen atoms in total. The van der Waals surface area contributed by atoms with Gasteiger partial charge in [-0.25, -0.2) is 9.67 Å². The van der Waals surface area contributed by atoms with Crippen LogP contribution in [0.1, 0.15) is 4.88 Å². The van der Waals surface area contributed by atoms with Crippen molar-refractivity contribution in [3.05, 3.63) is 39.8 Å². The van der Waals surface area contributed by atoms with Gasteiger partial charge in [-0.3, -0.25) is 0 Å². The van der Waals surface area contributed by atoms with Crippen molar-refractivity contribution in [3.63, 3.8) is 0 Å². The van der Waals surface area contributed by atoms with Crippen molar-refractivity contribution in [1.29, 1.82) is 0 Å². The van der Waals surface area contributed by atoms with E-state index in [-0.39, 0.29) is 0 Å². The SMILES string of the molecule is Clc1ncc(Cn2nnc3ccccc32)s1. The molecule has 0 aliphatic rings. The molecule has 80 valence electrons. The molecular formula is C10H7ClN4S. The first-order chi connectivity index (χ1) is 7.83. The number of fused-ring (bicyclic) bond motifs is 1. The quantitative estimate of drug-likeness (QED) is 0.702. The molecular weight excluding hydrogens is 244 g/mol. The highest BCUT2D eigenvalue weighted by Crippen LogP contribution is 2.19. The van der Waals surface area contributed by atoms with Crippen molar-refractivity contribution in [1.82, 2.24) is 20.0 Å². The van der Waals surface area contributed by atoms with E-state index >= 15 is 0 Å². The second-order valence-electron chi connectivity index (χ2n) is 3.32. The van der Waals surface area contributed by atoms with Crippen molar-refractivity contribution in [2.75, 3.05) is 0 Å². The molecule has 0 saturated heterocycles. The van der Waals surface area contributed by atoms with E-state index in [1.165, 1.54) is 11.3 Å². The van der Waals surface area contributed by atoms with Gasteiger partial charge in [0.1, 0.15) is 5.52 Å². The Morgan fingerprint density at radius 2 is 2.19 bits per heavy atom. The van der Waals surface area contributed by atoms with Gasteiger partial charge in [0, 0.05) is 11.1 Å². The number of benzene rings is 1. The maximum atomic E-state index is 5.78. The van der Waals surface area contributed by atoms with Crippen molar-refractivity contribution in [2.24, 2.45) is 0 Å². The predicted octanol–water partition coefficient (Wildman–Crippen LogP) is 2.59. The van der Waals surface area contributed by atoms with E-state index in [9.17, 15) is 0 Å². The van der Waals surface area contributed by atoms with E-state index in [2.05, 4.69) is 15.3 Å². The highest BCUT2D eigenvalue weighted by molar-refractivity contribution is 7.15. The van der Waals surface area contributed by atoms with Crippen molar-refractivity contribution in [3.8, 4) is 0 Å². The lowest BCUT2D eigenvalue weighted by Crippen LogP contribution is -1.99. The average Bonchev–Trinajstić information content (AvgIpc) is 2.87. The van der Waals surface area contributed by atoms with Crippen LogP contribution in [0.3, 0.4) is 0 Å². The monoisotopic (exact) mass is 250 g/mol. The van der Waals surface area contributed by atoms with E-state index in [4.69, 9.17) is 11.6 Å². The molecule has 0 saturated carbocycles. The van der Waals surface area contributed by atoms with Crippen LogP contribution in [0.2, 0.25) is 4.47 Å². The molecule has 0 spiro atoms. The molecule has 0 radical (unpaired) electrons. The fourth-order valence-electron chi connectivity index (χ4n) is 1.54. The number of hydrogen-bond donors (Lipinski definition) is 0. The second kappa shape index (κ2) is 3.84. The second-order valence-corrected chi connectivity index (χ2v) is 5.01. The van der Waals surface area contributed by atoms with E-state index in [1.807, 2.05) is 28.9 Å². The summed E-state index contributed by atoms with van der Waals surface area (Å²) in [5.41, 5.74) is 1.92. The first-order valence-corrected chi connectivity index (χ1v) is 5.91. The third-order valence-electron chi connectivity index (χ3n) is 2.25. The summed E-state index contributed by atoms with van der Waals surface area (Å²) in [7, 11) is 0. The molecule has 1 aromatic carbocycles. The number of para-hydroxylation sites is 1. The topological polar surface area (TPSA) is 43.6 Å². The molecule has 6 heteroatoms. The summed E-state index contributed by atoms with van der Waals surface area (Å²) in [5.74, 6) is 0. The van der Waals surface area contributed by atoms with Crippen LogP contribution in [0.25, 0.3) is 11.0 Å². The highest BCUT2D eigenvalue weighted by atomic mass is 35.5. The van der Waals surface area contributed by atoms with Gasteiger partial charge in [-0.2, -0.15) is 0 Å². The Hall–Kier alpha value is -1.46. The number of hydrogen-bond acceptors (Lipinski definition) is 4. The lowest BCUT2D eigenvalue weighted by molar-refractivity contribution is 0.675. The molecule has 2 heterocycles. The summed E-state index contributed by atoms with van der Waals surface area (Å²) in [6, 6.07) is 7.86. The largest absolute Gasteiger partial charge is 0.239 e. The molecule has 0 N–H and O–H groups in total. The fraction of sp³-hybridized carbons (Fsp3) is 0.100. The Morgan fingerprint density at radius 1 is 1.31 bits per heavy atom. The third-order valence-corrected chi connectivity index (χ3v) is 3.35. The number of thiazole rings is 1. The van der Waals surface area contributed by atoms with Crippen LogP contribution in [0.15, 0.2) is 30.5 Å². The lowest BCUT2D eigenvalue weighted by atomic mass is 10.3. The average molecular weight is 251 g/mol. The Morgan fingerprint density at radius 3 is 3.00 bits per heavy atom. The molecule has 3 aromatic rings. The minimum Gasteiger partial charge on any atom is -0.239 e. The normalized spacial score (nSPS) is 11.1. The van der Waals surface area contributed by atoms with Gasteiger partial charge in [-0.1, -0.05) is 28.9 Å². The van der Waals surface area contributed by atoms with E-state index in [1.54, 1.807) is 6.20 Å². The fourth-order valence-corrected chi connectivity index (χ4v) is 2.50. The standard InChI is InChI=1S/C10H7ClN4S/c11-10-12-5-7(16-10)6-15-9-4-2-1-3-8(9)13-14-15/h1-5H,6H2. The summed E-state index contributed by atoms with van der Waals surface area (Å²) in [5, 5.41) is 8.19. The molecule has 0 atom stereocenters. The van der Waals surface area contributed by atoms with E-state index in [0.717, 1.165) is 15.9 Å². The molecule has 0 fully saturated rings. The highest BCUT2D eigenvalue weighted by Gasteiger charge is 2.06. The minimum absolute atomic E-state index is 0.555. The first kappa shape index (κ1) is 9.74. The smallest absolute Gasteiger partial charge is 0.183 e. The zero-order chi connectivity index (χ0) is 11.0. The summed E-state index contributed by atoms with van der Waals surface area (Å²) in [6.07, 6.45) is 1.77. The zero-order valence-electron chi connectivity index (χ0n) is 8.17. The van der Waals surface area contributed by atoms with Crippen LogP contribution in [-0.2, 0) is 6.54 Å². The van der Waals surface area contributed by atoms with Gasteiger partial charge >= 0.3 is 0 Å². The number of nitrogens with zero attached hydrogens (tertiary/aromatic N) is 4. The Bertz CT molecular complexity index is 630. The molecule has 0 aliphatic heterocycles. The van der Waals surface area contributed by atoms with Gasteiger partial charge in [0.2, 0.25) is 0 Å².